The van der Waals surface area contributed by atoms with Crippen LogP contribution in [-0.2, 0) is 21.2 Å². The number of rotatable bonds is 3. The first-order valence-electron chi connectivity index (χ1n) is 3.90. The number of nitrogens with two attached hydrogens (primary N) is 2. The van der Waals surface area contributed by atoms with Gasteiger partial charge in [-0.15, -0.1) is 0 Å². The Labute approximate surface area is 92.1 Å². The number of hydrogen-bond acceptors (Lipinski definition) is 3. The molecular weight excluding hydrogens is 240 g/mol. The van der Waals surface area contributed by atoms with Crippen LogP contribution >= 0.6 is 11.6 Å². The lowest BCUT2D eigenvalue weighted by Gasteiger charge is -2.03. The minimum atomic E-state index is -3.77. The monoisotopic (exact) mass is 248 g/mol. The third-order valence-electron chi connectivity index (χ3n) is 1.72. The van der Waals surface area contributed by atoms with Gasteiger partial charge in [-0.1, -0.05) is 17.7 Å². The van der Waals surface area contributed by atoms with Crippen LogP contribution < -0.4 is 10.9 Å². The molecule has 0 unspecified atom stereocenters. The Kier molecular flexibility index (Phi) is 3.33. The predicted molar refractivity (Wildman–Crippen MR) is 55.7 cm³/mol. The Morgan fingerprint density at radius 3 is 2.40 bits per heavy atom. The molecule has 0 fully saturated rings. The summed E-state index contributed by atoms with van der Waals surface area (Å²) in [4.78, 5) is 10.5. The molecule has 0 atom stereocenters. The molecule has 0 aliphatic carbocycles. The molecule has 0 radical (unpaired) electrons. The molecule has 0 aliphatic heterocycles. The lowest BCUT2D eigenvalue weighted by molar-refractivity contribution is -0.117. The van der Waals surface area contributed by atoms with Gasteiger partial charge in [-0.2, -0.15) is 0 Å². The molecule has 0 spiro atoms. The highest BCUT2D eigenvalue weighted by molar-refractivity contribution is 7.89. The van der Waals surface area contributed by atoms with E-state index in [2.05, 4.69) is 0 Å². The molecule has 7 heteroatoms. The molecule has 1 aromatic carbocycles. The van der Waals surface area contributed by atoms with E-state index in [0.29, 0.717) is 5.56 Å². The topological polar surface area (TPSA) is 103 Å². The normalized spacial score (nSPS) is 11.3. The number of benzene rings is 1. The van der Waals surface area contributed by atoms with Crippen LogP contribution in [0.15, 0.2) is 23.1 Å². The highest BCUT2D eigenvalue weighted by atomic mass is 35.5. The molecular formula is C8H9ClN2O3S. The fourth-order valence-corrected chi connectivity index (χ4v) is 1.89. The Morgan fingerprint density at radius 2 is 2.00 bits per heavy atom. The van der Waals surface area contributed by atoms with Crippen LogP contribution in [0.2, 0.25) is 5.02 Å². The maximum atomic E-state index is 10.9. The van der Waals surface area contributed by atoms with Crippen molar-refractivity contribution in [2.24, 2.45) is 10.9 Å². The Hall–Kier alpha value is -1.11. The first-order chi connectivity index (χ1) is 6.80. The molecule has 1 rings (SSSR count). The van der Waals surface area contributed by atoms with E-state index in [9.17, 15) is 13.2 Å². The van der Waals surface area contributed by atoms with Crippen molar-refractivity contribution < 1.29 is 13.2 Å². The minimum absolute atomic E-state index is 0.0380. The number of carbonyl (C=O) groups excluding carboxylic acids is 1. The van der Waals surface area contributed by atoms with Crippen molar-refractivity contribution in [2.75, 3.05) is 0 Å². The molecule has 15 heavy (non-hydrogen) atoms. The summed E-state index contributed by atoms with van der Waals surface area (Å²) < 4.78 is 21.9. The average Bonchev–Trinajstić information content (AvgIpc) is 2.05. The summed E-state index contributed by atoms with van der Waals surface area (Å²) >= 11 is 5.75. The Bertz CT molecular complexity index is 499. The van der Waals surface area contributed by atoms with Crippen LogP contribution in [0.5, 0.6) is 0 Å². The average molecular weight is 249 g/mol. The van der Waals surface area contributed by atoms with E-state index in [1.165, 1.54) is 18.2 Å². The van der Waals surface area contributed by atoms with Crippen LogP contribution in [0.3, 0.4) is 0 Å². The quantitative estimate of drug-likeness (QED) is 0.788. The first-order valence-corrected chi connectivity index (χ1v) is 5.82. The Morgan fingerprint density at radius 1 is 1.40 bits per heavy atom. The predicted octanol–water partition coefficient (Wildman–Crippen LogP) is 0.0152. The molecule has 5 nitrogen and oxygen atoms in total. The molecule has 0 saturated heterocycles. The van der Waals surface area contributed by atoms with Gasteiger partial charge in [0, 0.05) is 5.02 Å². The standard InChI is InChI=1S/C8H9ClN2O3S/c9-7-4-6(15(11,13)14)2-1-5(7)3-8(10)12/h1-2,4H,3H2,(H2,10,12)(H2,11,13,14). The van der Waals surface area contributed by atoms with Gasteiger partial charge in [-0.05, 0) is 17.7 Å². The smallest absolute Gasteiger partial charge is 0.238 e. The summed E-state index contributed by atoms with van der Waals surface area (Å²) in [6, 6.07) is 3.88. The fourth-order valence-electron chi connectivity index (χ4n) is 1.04. The highest BCUT2D eigenvalue weighted by Crippen LogP contribution is 2.20. The molecule has 4 N–H and O–H groups in total. The van der Waals surface area contributed by atoms with Gasteiger partial charge in [-0.3, -0.25) is 4.79 Å². The summed E-state index contributed by atoms with van der Waals surface area (Å²) in [5, 5.41) is 5.05. The second-order valence-corrected chi connectivity index (χ2v) is 4.91. The zero-order valence-electron chi connectivity index (χ0n) is 7.60. The SMILES string of the molecule is NC(=O)Cc1ccc(S(N)(=O)=O)cc1Cl. The molecule has 1 aromatic rings. The van der Waals surface area contributed by atoms with Gasteiger partial charge in [-0.25, -0.2) is 13.6 Å². The second kappa shape index (κ2) is 4.18. The third-order valence-corrected chi connectivity index (χ3v) is 2.98. The van der Waals surface area contributed by atoms with E-state index in [0.717, 1.165) is 0 Å². The maximum Gasteiger partial charge on any atom is 0.238 e. The molecule has 0 aliphatic rings. The molecule has 0 bridgehead atoms. The van der Waals surface area contributed by atoms with Crippen molar-refractivity contribution >= 4 is 27.5 Å². The summed E-state index contributed by atoms with van der Waals surface area (Å²) in [6.07, 6.45) is -0.0380. The van der Waals surface area contributed by atoms with Gasteiger partial charge in [0.2, 0.25) is 15.9 Å². The first kappa shape index (κ1) is 12.0. The number of halogens is 1. The highest BCUT2D eigenvalue weighted by Gasteiger charge is 2.11. The number of hydrogen-bond donors (Lipinski definition) is 2. The zero-order valence-corrected chi connectivity index (χ0v) is 9.18. The van der Waals surface area contributed by atoms with E-state index >= 15 is 0 Å². The summed E-state index contributed by atoms with van der Waals surface area (Å²) in [6.45, 7) is 0. The van der Waals surface area contributed by atoms with Gasteiger partial charge in [0.1, 0.15) is 0 Å². The van der Waals surface area contributed by atoms with Crippen molar-refractivity contribution in [1.29, 1.82) is 0 Å². The number of sulfonamides is 1. The van der Waals surface area contributed by atoms with Gasteiger partial charge < -0.3 is 5.73 Å². The number of primary amides is 1. The molecule has 82 valence electrons. The maximum absolute atomic E-state index is 10.9. The van der Waals surface area contributed by atoms with Gasteiger partial charge >= 0.3 is 0 Å². The van der Waals surface area contributed by atoms with E-state index in [1.54, 1.807) is 0 Å². The summed E-state index contributed by atoms with van der Waals surface area (Å²) in [5.41, 5.74) is 5.45. The van der Waals surface area contributed by atoms with E-state index in [-0.39, 0.29) is 16.3 Å². The molecule has 1 amide bonds. The minimum Gasteiger partial charge on any atom is -0.369 e. The van der Waals surface area contributed by atoms with Crippen molar-refractivity contribution in [1.82, 2.24) is 0 Å². The van der Waals surface area contributed by atoms with Crippen LogP contribution in [0.25, 0.3) is 0 Å². The van der Waals surface area contributed by atoms with E-state index in [4.69, 9.17) is 22.5 Å². The zero-order chi connectivity index (χ0) is 11.6. The molecule has 0 saturated carbocycles. The lowest BCUT2D eigenvalue weighted by atomic mass is 10.1. The van der Waals surface area contributed by atoms with Gasteiger partial charge in [0.25, 0.3) is 0 Å². The summed E-state index contributed by atoms with van der Waals surface area (Å²) in [5.74, 6) is -0.541. The van der Waals surface area contributed by atoms with Gasteiger partial charge in [0.15, 0.2) is 0 Å². The fraction of sp³-hybridized carbons (Fsp3) is 0.125. The summed E-state index contributed by atoms with van der Waals surface area (Å²) in [7, 11) is -3.77. The van der Waals surface area contributed by atoms with Crippen LogP contribution in [-0.4, -0.2) is 14.3 Å². The third kappa shape index (κ3) is 3.19. The largest absolute Gasteiger partial charge is 0.369 e. The lowest BCUT2D eigenvalue weighted by Crippen LogP contribution is -2.15. The Balaban J connectivity index is 3.15. The van der Waals surface area contributed by atoms with Crippen molar-refractivity contribution in [3.8, 4) is 0 Å². The molecule has 0 aromatic heterocycles. The molecule has 0 heterocycles. The van der Waals surface area contributed by atoms with Gasteiger partial charge in [0.05, 0.1) is 11.3 Å². The van der Waals surface area contributed by atoms with Crippen molar-refractivity contribution in [2.45, 2.75) is 11.3 Å². The van der Waals surface area contributed by atoms with Crippen LogP contribution in [0.4, 0.5) is 0 Å². The number of amides is 1. The second-order valence-electron chi connectivity index (χ2n) is 2.94. The van der Waals surface area contributed by atoms with Crippen molar-refractivity contribution in [3.05, 3.63) is 28.8 Å². The van der Waals surface area contributed by atoms with E-state index in [1.807, 2.05) is 0 Å². The number of carbonyl (C=O) groups is 1. The van der Waals surface area contributed by atoms with Crippen molar-refractivity contribution in [3.63, 3.8) is 0 Å². The van der Waals surface area contributed by atoms with Crippen LogP contribution in [0.1, 0.15) is 5.56 Å². The van der Waals surface area contributed by atoms with E-state index < -0.39 is 15.9 Å². The van der Waals surface area contributed by atoms with Crippen LogP contribution in [0, 0.1) is 0 Å². The number of primary sulfonamides is 1.